The first-order valence-corrected chi connectivity index (χ1v) is 9.54. The number of aromatic nitrogens is 3. The maximum atomic E-state index is 11.8. The van der Waals surface area contributed by atoms with Crippen molar-refractivity contribution in [1.82, 2.24) is 20.0 Å². The molecule has 0 unspecified atom stereocenters. The molecule has 0 atom stereocenters. The van der Waals surface area contributed by atoms with Gasteiger partial charge in [0.25, 0.3) is 5.91 Å². The van der Waals surface area contributed by atoms with E-state index in [9.17, 15) is 4.79 Å². The molecular formula is C18H15N5O2S2. The number of hydrazone groups is 1. The molecule has 1 fully saturated rings. The molecule has 1 aromatic heterocycles. The predicted octanol–water partition coefficient (Wildman–Crippen LogP) is 2.68. The molecule has 27 heavy (non-hydrogen) atoms. The van der Waals surface area contributed by atoms with Crippen molar-refractivity contribution in [2.75, 3.05) is 12.9 Å². The summed E-state index contributed by atoms with van der Waals surface area (Å²) in [4.78, 5) is 11.8. The highest BCUT2D eigenvalue weighted by molar-refractivity contribution is 8.23. The van der Waals surface area contributed by atoms with E-state index in [-0.39, 0.29) is 5.91 Å². The Hall–Kier alpha value is -2.78. The Labute approximate surface area is 165 Å². The number of amides is 1. The van der Waals surface area contributed by atoms with E-state index in [0.29, 0.717) is 16.6 Å². The van der Waals surface area contributed by atoms with E-state index < -0.39 is 0 Å². The molecule has 0 saturated carbocycles. The molecule has 7 nitrogen and oxygen atoms in total. The lowest BCUT2D eigenvalue weighted by Gasteiger charge is -2.11. The van der Waals surface area contributed by atoms with Crippen molar-refractivity contribution in [3.63, 3.8) is 0 Å². The molecule has 2 aromatic carbocycles. The number of methoxy groups -OCH3 is 1. The number of hydrogen-bond donors (Lipinski definition) is 0. The summed E-state index contributed by atoms with van der Waals surface area (Å²) in [5.74, 6) is 0.975. The Morgan fingerprint density at radius 1 is 1.33 bits per heavy atom. The summed E-state index contributed by atoms with van der Waals surface area (Å²) in [7, 11) is 1.63. The number of thioether (sulfide) groups is 1. The Balaban J connectivity index is 1.63. The van der Waals surface area contributed by atoms with Gasteiger partial charge in [0.05, 0.1) is 31.1 Å². The second-order valence-electron chi connectivity index (χ2n) is 5.81. The normalized spacial score (nSPS) is 14.6. The molecule has 1 aliphatic rings. The van der Waals surface area contributed by atoms with Crippen molar-refractivity contribution in [3.8, 4) is 5.75 Å². The summed E-state index contributed by atoms with van der Waals surface area (Å²) in [6.45, 7) is 0.502. The number of para-hydroxylation sites is 1. The standard InChI is InChI=1S/C18H15N5O2S2/c1-25-16-7-6-12(9-19-23-17(24)11-27-18(23)26)8-13(16)10-22-15-5-3-2-4-14(15)20-21-22/h2-9H,10-11H2,1H3. The molecule has 0 radical (unpaired) electrons. The Kier molecular flexibility index (Phi) is 4.87. The third-order valence-corrected chi connectivity index (χ3v) is 5.43. The van der Waals surface area contributed by atoms with Crippen molar-refractivity contribution < 1.29 is 9.53 Å². The van der Waals surface area contributed by atoms with Crippen LogP contribution in [0.15, 0.2) is 47.6 Å². The average molecular weight is 397 g/mol. The second kappa shape index (κ2) is 7.45. The molecule has 0 N–H and O–H groups in total. The third kappa shape index (κ3) is 3.56. The lowest BCUT2D eigenvalue weighted by molar-refractivity contribution is -0.123. The number of rotatable bonds is 5. The second-order valence-corrected chi connectivity index (χ2v) is 7.42. The minimum Gasteiger partial charge on any atom is -0.496 e. The lowest BCUT2D eigenvalue weighted by Crippen LogP contribution is -2.22. The van der Waals surface area contributed by atoms with Crippen LogP contribution >= 0.6 is 24.0 Å². The van der Waals surface area contributed by atoms with E-state index in [4.69, 9.17) is 17.0 Å². The molecule has 136 valence electrons. The highest BCUT2D eigenvalue weighted by Crippen LogP contribution is 2.23. The van der Waals surface area contributed by atoms with E-state index in [1.54, 1.807) is 13.3 Å². The van der Waals surface area contributed by atoms with Gasteiger partial charge in [-0.1, -0.05) is 41.3 Å². The molecule has 2 heterocycles. The molecule has 3 aromatic rings. The van der Waals surface area contributed by atoms with E-state index >= 15 is 0 Å². The molecular weight excluding hydrogens is 382 g/mol. The third-order valence-electron chi connectivity index (χ3n) is 4.10. The molecule has 1 aliphatic heterocycles. The zero-order valence-corrected chi connectivity index (χ0v) is 16.0. The van der Waals surface area contributed by atoms with Crippen molar-refractivity contribution in [1.29, 1.82) is 0 Å². The number of nitrogens with zero attached hydrogens (tertiary/aromatic N) is 5. The molecule has 0 aliphatic carbocycles. The quantitative estimate of drug-likeness (QED) is 0.487. The number of fused-ring (bicyclic) bond motifs is 1. The van der Waals surface area contributed by atoms with Crippen LogP contribution in [0.4, 0.5) is 0 Å². The largest absolute Gasteiger partial charge is 0.496 e. The fourth-order valence-electron chi connectivity index (χ4n) is 2.78. The van der Waals surface area contributed by atoms with E-state index in [1.165, 1.54) is 16.8 Å². The van der Waals surface area contributed by atoms with Gasteiger partial charge in [-0.15, -0.1) is 5.10 Å². The van der Waals surface area contributed by atoms with Gasteiger partial charge in [0.2, 0.25) is 0 Å². The number of carbonyl (C=O) groups excluding carboxylic acids is 1. The van der Waals surface area contributed by atoms with Gasteiger partial charge in [-0.3, -0.25) is 4.79 Å². The fraction of sp³-hybridized carbons (Fsp3) is 0.167. The summed E-state index contributed by atoms with van der Waals surface area (Å²) in [5, 5.41) is 13.9. The van der Waals surface area contributed by atoms with Crippen LogP contribution in [0.5, 0.6) is 5.75 Å². The van der Waals surface area contributed by atoms with Gasteiger partial charge in [-0.2, -0.15) is 10.1 Å². The van der Waals surface area contributed by atoms with Crippen LogP contribution < -0.4 is 4.74 Å². The molecule has 9 heteroatoms. The highest BCUT2D eigenvalue weighted by Gasteiger charge is 2.25. The number of hydrogen-bond acceptors (Lipinski definition) is 7. The Morgan fingerprint density at radius 2 is 2.19 bits per heavy atom. The molecule has 1 saturated heterocycles. The van der Waals surface area contributed by atoms with Crippen LogP contribution in [-0.4, -0.2) is 49.3 Å². The van der Waals surface area contributed by atoms with Crippen LogP contribution in [0.2, 0.25) is 0 Å². The summed E-state index contributed by atoms with van der Waals surface area (Å²) in [6, 6.07) is 13.5. The first kappa shape index (κ1) is 17.6. The van der Waals surface area contributed by atoms with Crippen LogP contribution in [0, 0.1) is 0 Å². The maximum absolute atomic E-state index is 11.8. The Morgan fingerprint density at radius 3 is 2.96 bits per heavy atom. The minimum atomic E-state index is -0.107. The van der Waals surface area contributed by atoms with E-state index in [0.717, 1.165) is 27.9 Å². The summed E-state index contributed by atoms with van der Waals surface area (Å²) in [6.07, 6.45) is 1.62. The van der Waals surface area contributed by atoms with Crippen LogP contribution in [-0.2, 0) is 11.3 Å². The van der Waals surface area contributed by atoms with Gasteiger partial charge in [-0.05, 0) is 35.9 Å². The van der Waals surface area contributed by atoms with Crippen LogP contribution in [0.3, 0.4) is 0 Å². The summed E-state index contributed by atoms with van der Waals surface area (Å²) < 4.78 is 7.77. The van der Waals surface area contributed by atoms with E-state index in [1.807, 2.05) is 47.1 Å². The summed E-state index contributed by atoms with van der Waals surface area (Å²) >= 11 is 6.45. The zero-order valence-electron chi connectivity index (χ0n) is 14.4. The van der Waals surface area contributed by atoms with Gasteiger partial charge in [0.15, 0.2) is 4.32 Å². The number of ether oxygens (including phenoxy) is 1. The van der Waals surface area contributed by atoms with Gasteiger partial charge >= 0.3 is 0 Å². The monoisotopic (exact) mass is 397 g/mol. The molecule has 4 rings (SSSR count). The lowest BCUT2D eigenvalue weighted by atomic mass is 10.1. The van der Waals surface area contributed by atoms with Crippen molar-refractivity contribution in [2.24, 2.45) is 5.10 Å². The highest BCUT2D eigenvalue weighted by atomic mass is 32.2. The van der Waals surface area contributed by atoms with Crippen molar-refractivity contribution in [2.45, 2.75) is 6.54 Å². The predicted molar refractivity (Wildman–Crippen MR) is 109 cm³/mol. The zero-order chi connectivity index (χ0) is 18.8. The van der Waals surface area contributed by atoms with Gasteiger partial charge in [0, 0.05) is 5.56 Å². The SMILES string of the molecule is COc1ccc(C=NN2C(=O)CSC2=S)cc1Cn1nnc2ccccc21. The number of carbonyl (C=O) groups is 1. The summed E-state index contributed by atoms with van der Waals surface area (Å²) in [5.41, 5.74) is 3.56. The molecule has 1 amide bonds. The smallest absolute Gasteiger partial charge is 0.259 e. The average Bonchev–Trinajstić information content (AvgIpc) is 3.24. The van der Waals surface area contributed by atoms with Crippen molar-refractivity contribution in [3.05, 3.63) is 53.6 Å². The number of thiocarbonyl (C=S) groups is 1. The maximum Gasteiger partial charge on any atom is 0.259 e. The Bertz CT molecular complexity index is 1050. The minimum absolute atomic E-state index is 0.107. The topological polar surface area (TPSA) is 72.6 Å². The van der Waals surface area contributed by atoms with Crippen LogP contribution in [0.1, 0.15) is 11.1 Å². The van der Waals surface area contributed by atoms with Crippen molar-refractivity contribution >= 4 is 51.5 Å². The number of benzene rings is 2. The van der Waals surface area contributed by atoms with E-state index in [2.05, 4.69) is 15.4 Å². The first-order chi connectivity index (χ1) is 13.2. The van der Waals surface area contributed by atoms with Gasteiger partial charge in [0.1, 0.15) is 11.3 Å². The van der Waals surface area contributed by atoms with Crippen LogP contribution in [0.25, 0.3) is 11.0 Å². The first-order valence-electron chi connectivity index (χ1n) is 8.14. The molecule has 0 bridgehead atoms. The fourth-order valence-corrected chi connectivity index (χ4v) is 3.75. The van der Waals surface area contributed by atoms with Gasteiger partial charge < -0.3 is 4.74 Å². The van der Waals surface area contributed by atoms with Gasteiger partial charge in [-0.25, -0.2) is 4.68 Å². The molecule has 0 spiro atoms.